The molecule has 4 aliphatic rings. The second-order valence-electron chi connectivity index (χ2n) is 16.7. The first-order chi connectivity index (χ1) is 32.0. The number of aliphatic hydroxyl groups is 14. The Kier molecular flexibility index (Phi) is 21.9. The van der Waals surface area contributed by atoms with Crippen LogP contribution in [0.25, 0.3) is 0 Å². The quantitative estimate of drug-likeness (QED) is 0.0508. The van der Waals surface area contributed by atoms with Gasteiger partial charge in [-0.1, -0.05) is 0 Å². The fourth-order valence-corrected chi connectivity index (χ4v) is 8.04. The Morgan fingerprint density at radius 1 is 0.515 bits per heavy atom. The third-order valence-electron chi connectivity index (χ3n) is 11.5. The van der Waals surface area contributed by atoms with Crippen molar-refractivity contribution < 1.29 is 129 Å². The molecular formula is C38H66N4O26. The molecule has 18 N–H and O–H groups in total. The molecule has 0 saturated carbocycles. The van der Waals surface area contributed by atoms with Gasteiger partial charge in [0.05, 0.1) is 45.7 Å². The predicted octanol–water partition coefficient (Wildman–Crippen LogP) is -11.7. The van der Waals surface area contributed by atoms with E-state index in [2.05, 4.69) is 21.3 Å². The third-order valence-corrected chi connectivity index (χ3v) is 11.5. The second kappa shape index (κ2) is 25.9. The molecule has 30 heteroatoms. The Morgan fingerprint density at radius 3 is 1.34 bits per heavy atom. The molecule has 0 aromatic rings. The van der Waals surface area contributed by atoms with Gasteiger partial charge in [0.15, 0.2) is 25.2 Å². The molecule has 4 saturated heterocycles. The van der Waals surface area contributed by atoms with Crippen LogP contribution in [-0.2, 0) is 57.1 Å². The lowest BCUT2D eigenvalue weighted by Gasteiger charge is -2.48. The highest BCUT2D eigenvalue weighted by Crippen LogP contribution is 2.33. The highest BCUT2D eigenvalue weighted by atomic mass is 16.8. The summed E-state index contributed by atoms with van der Waals surface area (Å²) in [7, 11) is 0. The second-order valence-corrected chi connectivity index (χ2v) is 16.7. The first-order valence-electron chi connectivity index (χ1n) is 21.5. The van der Waals surface area contributed by atoms with Crippen LogP contribution in [0.4, 0.5) is 0 Å². The van der Waals surface area contributed by atoms with Crippen LogP contribution >= 0.6 is 0 Å². The van der Waals surface area contributed by atoms with Crippen LogP contribution in [0, 0.1) is 0 Å². The van der Waals surface area contributed by atoms with Gasteiger partial charge in [0.25, 0.3) is 0 Å². The predicted molar refractivity (Wildman–Crippen MR) is 215 cm³/mol. The number of amides is 4. The first kappa shape index (κ1) is 57.6. The lowest BCUT2D eigenvalue weighted by Crippen LogP contribution is -2.68. The van der Waals surface area contributed by atoms with E-state index in [0.717, 1.165) is 27.7 Å². The standard InChI is InChI=1S/C38H66N4O26/c1-11(47)39-15(5-43)33(24(52)16(51)9-61-35-21(40-12(2)48)29(57)25(53)17(6-44)63-35)67-38-32(60)34(68-37-23(42-14(4)50)31(59)27(55)19(8-46)65-37)28(56)20(66-38)10-62-36-22(41-13(3)49)30(58)26(54)18(7-45)64-36/h15-38,43-46,51-60H,5-10H2,1-4H3,(H,39,47)(H,40,48)(H,41,49)(H,42,50)/t15-,16+,17+,18+,19+,20+,21+,22+,23+,24-,25+,26+,27+,28-,29+,30+,31+,32+,33+,34-,35+,36+,37-,38-/m0/s1. The highest BCUT2D eigenvalue weighted by molar-refractivity contribution is 5.74. The summed E-state index contributed by atoms with van der Waals surface area (Å²) in [6.07, 6.45) is -37.4. The number of hydrogen-bond acceptors (Lipinski definition) is 26. The van der Waals surface area contributed by atoms with Crippen LogP contribution in [0.1, 0.15) is 27.7 Å². The van der Waals surface area contributed by atoms with Gasteiger partial charge in [0, 0.05) is 27.7 Å². The minimum Gasteiger partial charge on any atom is -0.394 e. The summed E-state index contributed by atoms with van der Waals surface area (Å²) in [4.78, 5) is 48.5. The summed E-state index contributed by atoms with van der Waals surface area (Å²) in [5.74, 6) is -3.06. The van der Waals surface area contributed by atoms with Gasteiger partial charge in [-0.05, 0) is 0 Å². The Balaban J connectivity index is 1.70. The maximum Gasteiger partial charge on any atom is 0.217 e. The monoisotopic (exact) mass is 994 g/mol. The molecule has 0 bridgehead atoms. The molecule has 4 aliphatic heterocycles. The van der Waals surface area contributed by atoms with E-state index < -0.39 is 210 Å². The highest BCUT2D eigenvalue weighted by Gasteiger charge is 2.54. The molecule has 4 amide bonds. The smallest absolute Gasteiger partial charge is 0.217 e. The molecule has 0 aliphatic carbocycles. The number of aliphatic hydroxyl groups excluding tert-OH is 14. The third kappa shape index (κ3) is 14.1. The number of carbonyl (C=O) groups excluding carboxylic acids is 4. The molecule has 394 valence electrons. The van der Waals surface area contributed by atoms with E-state index >= 15 is 0 Å². The molecule has 24 atom stereocenters. The number of ether oxygens (including phenoxy) is 8. The molecule has 0 radical (unpaired) electrons. The minimum absolute atomic E-state index is 0.717. The first-order valence-corrected chi connectivity index (χ1v) is 21.5. The van der Waals surface area contributed by atoms with E-state index in [1.807, 2.05) is 0 Å². The van der Waals surface area contributed by atoms with E-state index in [1.165, 1.54) is 0 Å². The zero-order valence-corrected chi connectivity index (χ0v) is 37.3. The van der Waals surface area contributed by atoms with Gasteiger partial charge >= 0.3 is 0 Å². The molecule has 0 unspecified atom stereocenters. The van der Waals surface area contributed by atoms with Crippen molar-refractivity contribution in [3.05, 3.63) is 0 Å². The fourth-order valence-electron chi connectivity index (χ4n) is 8.04. The van der Waals surface area contributed by atoms with Crippen LogP contribution in [0.5, 0.6) is 0 Å². The van der Waals surface area contributed by atoms with E-state index in [4.69, 9.17) is 37.9 Å². The van der Waals surface area contributed by atoms with E-state index in [0.29, 0.717) is 0 Å². The van der Waals surface area contributed by atoms with Gasteiger partial charge in [-0.25, -0.2) is 0 Å². The fraction of sp³-hybridized carbons (Fsp3) is 0.895. The van der Waals surface area contributed by atoms with Crippen molar-refractivity contribution in [2.75, 3.05) is 39.6 Å². The zero-order chi connectivity index (χ0) is 50.9. The van der Waals surface area contributed by atoms with E-state index in [-0.39, 0.29) is 0 Å². The van der Waals surface area contributed by atoms with Gasteiger partial charge in [-0.2, -0.15) is 0 Å². The Morgan fingerprint density at radius 2 is 0.926 bits per heavy atom. The van der Waals surface area contributed by atoms with E-state index in [1.54, 1.807) is 0 Å². The lowest BCUT2D eigenvalue weighted by molar-refractivity contribution is -0.363. The summed E-state index contributed by atoms with van der Waals surface area (Å²) in [6, 6.07) is -6.36. The Labute approximate surface area is 387 Å². The maximum absolute atomic E-state index is 12.3. The largest absolute Gasteiger partial charge is 0.394 e. The topological polar surface area (TPSA) is 473 Å². The van der Waals surface area contributed by atoms with Crippen LogP contribution in [0.15, 0.2) is 0 Å². The average Bonchev–Trinajstić information content (AvgIpc) is 3.28. The molecule has 4 heterocycles. The summed E-state index contributed by atoms with van der Waals surface area (Å²) in [5.41, 5.74) is 0. The van der Waals surface area contributed by atoms with Crippen molar-refractivity contribution in [1.82, 2.24) is 21.3 Å². The van der Waals surface area contributed by atoms with Crippen molar-refractivity contribution >= 4 is 23.6 Å². The van der Waals surface area contributed by atoms with Crippen LogP contribution < -0.4 is 21.3 Å². The van der Waals surface area contributed by atoms with Crippen molar-refractivity contribution in [3.63, 3.8) is 0 Å². The van der Waals surface area contributed by atoms with Crippen LogP contribution in [-0.4, -0.2) is 282 Å². The normalized spacial score (nSPS) is 40.6. The Hall–Kier alpha value is -3.00. The summed E-state index contributed by atoms with van der Waals surface area (Å²) in [5, 5.41) is 159. The van der Waals surface area contributed by atoms with Gasteiger partial charge < -0.3 is 131 Å². The Bertz CT molecular complexity index is 1630. The van der Waals surface area contributed by atoms with Crippen molar-refractivity contribution in [2.45, 2.75) is 175 Å². The molecule has 4 rings (SSSR count). The van der Waals surface area contributed by atoms with Crippen molar-refractivity contribution in [2.24, 2.45) is 0 Å². The van der Waals surface area contributed by atoms with Gasteiger partial charge in [0.2, 0.25) is 23.6 Å². The zero-order valence-electron chi connectivity index (χ0n) is 37.3. The number of rotatable bonds is 21. The van der Waals surface area contributed by atoms with Crippen LogP contribution in [0.3, 0.4) is 0 Å². The maximum atomic E-state index is 12.3. The molecule has 0 aromatic carbocycles. The number of carbonyl (C=O) groups is 4. The number of nitrogens with one attached hydrogen (secondary N) is 4. The van der Waals surface area contributed by atoms with Gasteiger partial charge in [-0.3, -0.25) is 19.2 Å². The SMILES string of the molecule is CC(=O)N[C@H]1[C@H](OC[C@@H](O)[C@H](O)[C@H](O[C@@H]2O[C@H](CO[C@@H]3O[C@H](CO)[C@@H](O)[C@H](O)[C@H]3NC(C)=O)[C@H](O)[C@H](O[C@@H]3O[C@H](CO)[C@@H](O)[C@H](O)[C@H]3NC(C)=O)[C@H]2O)[C@H](CO)NC(C)=O)O[C@H](CO)[C@@H](O)[C@@H]1O. The molecule has 68 heavy (non-hydrogen) atoms. The molecule has 0 aromatic heterocycles. The molecular weight excluding hydrogens is 928 g/mol. The van der Waals surface area contributed by atoms with Crippen molar-refractivity contribution in [1.29, 1.82) is 0 Å². The van der Waals surface area contributed by atoms with E-state index in [9.17, 15) is 90.7 Å². The molecule has 30 nitrogen and oxygen atoms in total. The summed E-state index contributed by atoms with van der Waals surface area (Å²) in [6.45, 7) is -1.32. The van der Waals surface area contributed by atoms with Crippen LogP contribution in [0.2, 0.25) is 0 Å². The molecule has 4 fully saturated rings. The number of hydrogen-bond donors (Lipinski definition) is 18. The van der Waals surface area contributed by atoms with Crippen molar-refractivity contribution in [3.8, 4) is 0 Å². The lowest BCUT2D eigenvalue weighted by atomic mass is 9.95. The van der Waals surface area contributed by atoms with Gasteiger partial charge in [0.1, 0.15) is 116 Å². The van der Waals surface area contributed by atoms with Gasteiger partial charge in [-0.15, -0.1) is 0 Å². The summed E-state index contributed by atoms with van der Waals surface area (Å²) < 4.78 is 45.9. The average molecular weight is 995 g/mol. The molecule has 0 spiro atoms. The summed E-state index contributed by atoms with van der Waals surface area (Å²) >= 11 is 0. The minimum atomic E-state index is -2.28.